The van der Waals surface area contributed by atoms with E-state index in [0.717, 1.165) is 17.8 Å². The molecule has 0 unspecified atom stereocenters. The van der Waals surface area contributed by atoms with Crippen LogP contribution in [0.1, 0.15) is 63.7 Å². The maximum atomic E-state index is 10.1. The summed E-state index contributed by atoms with van der Waals surface area (Å²) in [5.41, 5.74) is 2.65. The number of benzene rings is 1. The van der Waals surface area contributed by atoms with Crippen molar-refractivity contribution < 1.29 is 5.11 Å². The Kier molecular flexibility index (Phi) is 5.25. The van der Waals surface area contributed by atoms with Crippen molar-refractivity contribution in [3.05, 3.63) is 29.3 Å². The van der Waals surface area contributed by atoms with E-state index in [4.69, 9.17) is 0 Å². The van der Waals surface area contributed by atoms with Crippen LogP contribution in [-0.4, -0.2) is 17.7 Å². The van der Waals surface area contributed by atoms with Crippen LogP contribution >= 0.6 is 0 Å². The molecule has 2 rings (SSSR count). The molecule has 3 heteroatoms. The van der Waals surface area contributed by atoms with Crippen molar-refractivity contribution >= 4 is 5.69 Å². The zero-order chi connectivity index (χ0) is 15.4. The SMILES string of the molecule is CC(C)CN(c1cc(C#N)ccc1[C@H](C)O)C1CCCC1. The summed E-state index contributed by atoms with van der Waals surface area (Å²) >= 11 is 0. The van der Waals surface area contributed by atoms with Crippen molar-refractivity contribution in [2.75, 3.05) is 11.4 Å². The van der Waals surface area contributed by atoms with Crippen LogP contribution < -0.4 is 4.90 Å². The van der Waals surface area contributed by atoms with E-state index < -0.39 is 6.10 Å². The van der Waals surface area contributed by atoms with E-state index >= 15 is 0 Å². The first kappa shape index (κ1) is 15.9. The molecule has 0 saturated heterocycles. The molecule has 1 fully saturated rings. The fraction of sp³-hybridized carbons (Fsp3) is 0.611. The van der Waals surface area contributed by atoms with Gasteiger partial charge in [-0.25, -0.2) is 0 Å². The largest absolute Gasteiger partial charge is 0.389 e. The van der Waals surface area contributed by atoms with E-state index in [2.05, 4.69) is 24.8 Å². The number of nitriles is 1. The molecule has 0 bridgehead atoms. The maximum absolute atomic E-state index is 10.1. The predicted octanol–water partition coefficient (Wildman–Crippen LogP) is 4.02. The first-order chi connectivity index (χ1) is 10.0. The van der Waals surface area contributed by atoms with E-state index in [0.29, 0.717) is 17.5 Å². The molecule has 1 aliphatic rings. The standard InChI is InChI=1S/C18H26N2O/c1-13(2)12-20(16-6-4-5-7-16)18-10-15(11-19)8-9-17(18)14(3)21/h8-10,13-14,16,21H,4-7,12H2,1-3H3/t14-/m0/s1. The highest BCUT2D eigenvalue weighted by Crippen LogP contribution is 2.34. The van der Waals surface area contributed by atoms with Crippen molar-refractivity contribution in [3.8, 4) is 6.07 Å². The molecule has 1 saturated carbocycles. The van der Waals surface area contributed by atoms with Crippen molar-refractivity contribution in [2.45, 2.75) is 58.6 Å². The van der Waals surface area contributed by atoms with E-state index in [9.17, 15) is 10.4 Å². The van der Waals surface area contributed by atoms with Gasteiger partial charge in [-0.3, -0.25) is 0 Å². The summed E-state index contributed by atoms with van der Waals surface area (Å²) < 4.78 is 0. The smallest absolute Gasteiger partial charge is 0.0992 e. The van der Waals surface area contributed by atoms with Gasteiger partial charge in [-0.2, -0.15) is 5.26 Å². The first-order valence-electron chi connectivity index (χ1n) is 8.01. The van der Waals surface area contributed by atoms with Gasteiger partial charge in [0.05, 0.1) is 17.7 Å². The molecular weight excluding hydrogens is 260 g/mol. The van der Waals surface area contributed by atoms with Gasteiger partial charge >= 0.3 is 0 Å². The Balaban J connectivity index is 2.43. The molecule has 0 aromatic heterocycles. The number of nitrogens with zero attached hydrogens (tertiary/aromatic N) is 2. The lowest BCUT2D eigenvalue weighted by Crippen LogP contribution is -2.37. The van der Waals surface area contributed by atoms with Crippen LogP contribution in [0.15, 0.2) is 18.2 Å². The molecule has 1 atom stereocenters. The van der Waals surface area contributed by atoms with Crippen LogP contribution in [0, 0.1) is 17.2 Å². The minimum Gasteiger partial charge on any atom is -0.389 e. The number of aliphatic hydroxyl groups excluding tert-OH is 1. The van der Waals surface area contributed by atoms with E-state index in [1.165, 1.54) is 25.7 Å². The number of hydrogen-bond acceptors (Lipinski definition) is 3. The fourth-order valence-corrected chi connectivity index (χ4v) is 3.27. The van der Waals surface area contributed by atoms with Crippen LogP contribution in [0.4, 0.5) is 5.69 Å². The Morgan fingerprint density at radius 1 is 1.29 bits per heavy atom. The van der Waals surface area contributed by atoms with Crippen molar-refractivity contribution in [2.24, 2.45) is 5.92 Å². The number of aliphatic hydroxyl groups is 1. The third kappa shape index (κ3) is 3.77. The number of hydrogen-bond donors (Lipinski definition) is 1. The van der Waals surface area contributed by atoms with Crippen LogP contribution in [0.25, 0.3) is 0 Å². The molecule has 0 heterocycles. The van der Waals surface area contributed by atoms with Gasteiger partial charge in [-0.1, -0.05) is 32.8 Å². The number of rotatable bonds is 5. The maximum Gasteiger partial charge on any atom is 0.0992 e. The lowest BCUT2D eigenvalue weighted by molar-refractivity contribution is 0.199. The minimum absolute atomic E-state index is 0.510. The minimum atomic E-state index is -0.510. The second-order valence-corrected chi connectivity index (χ2v) is 6.55. The molecule has 0 radical (unpaired) electrons. The fourth-order valence-electron chi connectivity index (χ4n) is 3.27. The van der Waals surface area contributed by atoms with Crippen molar-refractivity contribution in [3.63, 3.8) is 0 Å². The molecule has 0 aliphatic heterocycles. The Bertz CT molecular complexity index is 510. The Morgan fingerprint density at radius 2 is 1.95 bits per heavy atom. The van der Waals surface area contributed by atoms with E-state index in [1.54, 1.807) is 13.0 Å². The van der Waals surface area contributed by atoms with Gasteiger partial charge in [-0.15, -0.1) is 0 Å². The normalized spacial score (nSPS) is 17.0. The van der Waals surface area contributed by atoms with Crippen LogP contribution in [0.3, 0.4) is 0 Å². The molecule has 0 amide bonds. The molecule has 1 aromatic rings. The van der Waals surface area contributed by atoms with Gasteiger partial charge in [-0.05, 0) is 37.8 Å². The highest BCUT2D eigenvalue weighted by Gasteiger charge is 2.26. The summed E-state index contributed by atoms with van der Waals surface area (Å²) in [7, 11) is 0. The monoisotopic (exact) mass is 286 g/mol. The van der Waals surface area contributed by atoms with Gasteiger partial charge in [0.1, 0.15) is 0 Å². The summed E-state index contributed by atoms with van der Waals surface area (Å²) in [5.74, 6) is 0.554. The second kappa shape index (κ2) is 6.95. The van der Waals surface area contributed by atoms with Crippen LogP contribution in [0.5, 0.6) is 0 Å². The van der Waals surface area contributed by atoms with Gasteiger partial charge in [0.15, 0.2) is 0 Å². The van der Waals surface area contributed by atoms with Crippen LogP contribution in [-0.2, 0) is 0 Å². The Morgan fingerprint density at radius 3 is 2.48 bits per heavy atom. The Hall–Kier alpha value is -1.53. The molecule has 3 nitrogen and oxygen atoms in total. The first-order valence-corrected chi connectivity index (χ1v) is 8.01. The third-order valence-electron chi connectivity index (χ3n) is 4.25. The average molecular weight is 286 g/mol. The molecule has 1 N–H and O–H groups in total. The average Bonchev–Trinajstić information content (AvgIpc) is 2.97. The predicted molar refractivity (Wildman–Crippen MR) is 86.2 cm³/mol. The molecule has 1 aliphatic carbocycles. The lowest BCUT2D eigenvalue weighted by atomic mass is 10.0. The number of anilines is 1. The van der Waals surface area contributed by atoms with Gasteiger partial charge in [0, 0.05) is 23.8 Å². The summed E-state index contributed by atoms with van der Waals surface area (Å²) in [6.45, 7) is 7.21. The quantitative estimate of drug-likeness (QED) is 0.889. The van der Waals surface area contributed by atoms with Crippen LogP contribution in [0.2, 0.25) is 0 Å². The van der Waals surface area contributed by atoms with Gasteiger partial charge in [0.2, 0.25) is 0 Å². The van der Waals surface area contributed by atoms with Gasteiger partial charge < -0.3 is 10.0 Å². The topological polar surface area (TPSA) is 47.3 Å². The highest BCUT2D eigenvalue weighted by molar-refractivity contribution is 5.59. The third-order valence-corrected chi connectivity index (χ3v) is 4.25. The zero-order valence-electron chi connectivity index (χ0n) is 13.3. The molecule has 1 aromatic carbocycles. The molecule has 0 spiro atoms. The Labute approximate surface area is 128 Å². The molecule has 21 heavy (non-hydrogen) atoms. The van der Waals surface area contributed by atoms with Gasteiger partial charge in [0.25, 0.3) is 0 Å². The highest BCUT2D eigenvalue weighted by atomic mass is 16.3. The van der Waals surface area contributed by atoms with E-state index in [1.807, 2.05) is 12.1 Å². The molecule has 114 valence electrons. The van der Waals surface area contributed by atoms with Crippen molar-refractivity contribution in [1.82, 2.24) is 0 Å². The summed E-state index contributed by atoms with van der Waals surface area (Å²) in [5, 5.41) is 19.3. The summed E-state index contributed by atoms with van der Waals surface area (Å²) in [6, 6.07) is 8.41. The second-order valence-electron chi connectivity index (χ2n) is 6.55. The van der Waals surface area contributed by atoms with E-state index in [-0.39, 0.29) is 0 Å². The lowest BCUT2D eigenvalue weighted by Gasteiger charge is -2.35. The summed E-state index contributed by atoms with van der Waals surface area (Å²) in [6.07, 6.45) is 4.47. The zero-order valence-corrected chi connectivity index (χ0v) is 13.3. The summed E-state index contributed by atoms with van der Waals surface area (Å²) in [4.78, 5) is 2.43. The molecular formula is C18H26N2O. The van der Waals surface area contributed by atoms with Crippen molar-refractivity contribution in [1.29, 1.82) is 5.26 Å².